The second kappa shape index (κ2) is 8.73. The van der Waals surface area contributed by atoms with E-state index in [0.29, 0.717) is 13.2 Å². The van der Waals surface area contributed by atoms with Crippen LogP contribution in [-0.4, -0.2) is 49.2 Å². The smallest absolute Gasteiger partial charge is 0.410 e. The van der Waals surface area contributed by atoms with Gasteiger partial charge in [-0.3, -0.25) is 4.90 Å². The highest BCUT2D eigenvalue weighted by atomic mass is 16.7. The maximum atomic E-state index is 12.7. The fourth-order valence-corrected chi connectivity index (χ4v) is 3.88. The summed E-state index contributed by atoms with van der Waals surface area (Å²) in [5, 5.41) is 0. The van der Waals surface area contributed by atoms with Gasteiger partial charge in [0.25, 0.3) is 0 Å². The van der Waals surface area contributed by atoms with E-state index in [1.165, 1.54) is 0 Å². The summed E-state index contributed by atoms with van der Waals surface area (Å²) in [7, 11) is 1.60. The van der Waals surface area contributed by atoms with Crippen molar-refractivity contribution in [2.75, 3.05) is 13.7 Å². The Hall–Kier alpha value is -2.41. The fraction of sp³-hybridized carbons (Fsp3) is 0.409. The molecule has 2 saturated heterocycles. The van der Waals surface area contributed by atoms with Gasteiger partial charge in [-0.2, -0.15) is 0 Å². The van der Waals surface area contributed by atoms with Crippen LogP contribution >= 0.6 is 0 Å². The van der Waals surface area contributed by atoms with Gasteiger partial charge in [-0.05, 0) is 17.5 Å². The van der Waals surface area contributed by atoms with Crippen molar-refractivity contribution in [2.24, 2.45) is 0 Å². The van der Waals surface area contributed by atoms with Crippen molar-refractivity contribution < 1.29 is 23.7 Å². The molecule has 0 spiro atoms. The van der Waals surface area contributed by atoms with Crippen LogP contribution in [0.4, 0.5) is 4.79 Å². The highest BCUT2D eigenvalue weighted by molar-refractivity contribution is 5.69. The molecule has 1 amide bonds. The summed E-state index contributed by atoms with van der Waals surface area (Å²) < 4.78 is 23.1. The number of rotatable bonds is 6. The Morgan fingerprint density at radius 1 is 1.04 bits per heavy atom. The van der Waals surface area contributed by atoms with Gasteiger partial charge in [0, 0.05) is 13.7 Å². The SMILES string of the molecule is COC1O[C@H]2CCN(C(=O)OCc3ccccc3)[C@H]2[C@H]1OCc1ccccc1. The molecule has 2 aliphatic rings. The van der Waals surface area contributed by atoms with E-state index >= 15 is 0 Å². The third kappa shape index (κ3) is 4.04. The van der Waals surface area contributed by atoms with E-state index in [1.807, 2.05) is 60.7 Å². The maximum absolute atomic E-state index is 12.7. The predicted molar refractivity (Wildman–Crippen MR) is 102 cm³/mol. The minimum atomic E-state index is -0.497. The van der Waals surface area contributed by atoms with Gasteiger partial charge >= 0.3 is 6.09 Å². The van der Waals surface area contributed by atoms with Gasteiger partial charge in [-0.1, -0.05) is 60.7 Å². The lowest BCUT2D eigenvalue weighted by Gasteiger charge is -2.29. The third-order valence-electron chi connectivity index (χ3n) is 5.27. The van der Waals surface area contributed by atoms with Gasteiger partial charge in [-0.25, -0.2) is 4.79 Å². The van der Waals surface area contributed by atoms with Gasteiger partial charge in [0.2, 0.25) is 0 Å². The molecule has 0 aliphatic carbocycles. The van der Waals surface area contributed by atoms with Crippen LogP contribution in [0.25, 0.3) is 0 Å². The fourth-order valence-electron chi connectivity index (χ4n) is 3.88. The van der Waals surface area contributed by atoms with Crippen LogP contribution in [0, 0.1) is 0 Å². The van der Waals surface area contributed by atoms with Gasteiger partial charge in [-0.15, -0.1) is 0 Å². The highest BCUT2D eigenvalue weighted by Crippen LogP contribution is 2.36. The average Bonchev–Trinajstić information content (AvgIpc) is 3.31. The van der Waals surface area contributed by atoms with E-state index in [-0.39, 0.29) is 30.9 Å². The Labute approximate surface area is 165 Å². The summed E-state index contributed by atoms with van der Waals surface area (Å²) in [6.07, 6.45) is -0.554. The minimum absolute atomic E-state index is 0.102. The summed E-state index contributed by atoms with van der Waals surface area (Å²) in [4.78, 5) is 14.5. The second-order valence-electron chi connectivity index (χ2n) is 7.05. The van der Waals surface area contributed by atoms with E-state index in [2.05, 4.69) is 0 Å². The molecule has 6 nitrogen and oxygen atoms in total. The molecule has 4 atom stereocenters. The molecule has 2 aliphatic heterocycles. The van der Waals surface area contributed by atoms with Crippen molar-refractivity contribution in [3.05, 3.63) is 71.8 Å². The van der Waals surface area contributed by atoms with Crippen LogP contribution in [0.5, 0.6) is 0 Å². The molecule has 0 saturated carbocycles. The normalized spacial score (nSPS) is 26.2. The molecule has 148 valence electrons. The quantitative estimate of drug-likeness (QED) is 0.766. The molecular weight excluding hydrogens is 358 g/mol. The largest absolute Gasteiger partial charge is 0.445 e. The molecule has 0 N–H and O–H groups in total. The minimum Gasteiger partial charge on any atom is -0.445 e. The van der Waals surface area contributed by atoms with Crippen LogP contribution in [0.3, 0.4) is 0 Å². The lowest BCUT2D eigenvalue weighted by atomic mass is 10.1. The van der Waals surface area contributed by atoms with Gasteiger partial charge < -0.3 is 18.9 Å². The number of carbonyl (C=O) groups is 1. The van der Waals surface area contributed by atoms with Crippen LogP contribution in [-0.2, 0) is 32.2 Å². The van der Waals surface area contributed by atoms with E-state index in [9.17, 15) is 4.79 Å². The standard InChI is InChI=1S/C22H25NO5/c1-25-21-20(26-14-16-8-4-2-5-9-16)19-18(28-21)12-13-23(19)22(24)27-15-17-10-6-3-7-11-17/h2-11,18-21H,12-15H2,1H3/t18-,19+,20+,21?/m0/s1. The topological polar surface area (TPSA) is 57.2 Å². The summed E-state index contributed by atoms with van der Waals surface area (Å²) in [5.74, 6) is 0. The zero-order chi connectivity index (χ0) is 19.3. The first-order valence-electron chi connectivity index (χ1n) is 9.57. The van der Waals surface area contributed by atoms with Crippen LogP contribution < -0.4 is 0 Å². The zero-order valence-electron chi connectivity index (χ0n) is 15.9. The highest BCUT2D eigenvalue weighted by Gasteiger charge is 2.53. The Bertz CT molecular complexity index is 769. The van der Waals surface area contributed by atoms with Crippen molar-refractivity contribution in [3.8, 4) is 0 Å². The summed E-state index contributed by atoms with van der Waals surface area (Å²) in [6.45, 7) is 1.27. The third-order valence-corrected chi connectivity index (χ3v) is 5.27. The lowest BCUT2D eigenvalue weighted by molar-refractivity contribution is -0.167. The first kappa shape index (κ1) is 18.9. The summed E-state index contributed by atoms with van der Waals surface area (Å²) in [6, 6.07) is 19.4. The van der Waals surface area contributed by atoms with Crippen molar-refractivity contribution in [1.29, 1.82) is 0 Å². The molecule has 0 aromatic heterocycles. The predicted octanol–water partition coefficient (Wildman–Crippen LogP) is 3.35. The van der Waals surface area contributed by atoms with Crippen molar-refractivity contribution in [1.82, 2.24) is 4.90 Å². The molecule has 0 radical (unpaired) electrons. The van der Waals surface area contributed by atoms with Crippen molar-refractivity contribution >= 4 is 6.09 Å². The van der Waals surface area contributed by atoms with E-state index in [4.69, 9.17) is 18.9 Å². The Morgan fingerprint density at radius 3 is 2.32 bits per heavy atom. The van der Waals surface area contributed by atoms with Gasteiger partial charge in [0.05, 0.1) is 18.8 Å². The van der Waals surface area contributed by atoms with E-state index in [1.54, 1.807) is 12.0 Å². The lowest BCUT2D eigenvalue weighted by Crippen LogP contribution is -2.47. The first-order valence-corrected chi connectivity index (χ1v) is 9.57. The summed E-state index contributed by atoms with van der Waals surface area (Å²) >= 11 is 0. The zero-order valence-corrected chi connectivity index (χ0v) is 15.9. The monoisotopic (exact) mass is 383 g/mol. The van der Waals surface area contributed by atoms with Crippen molar-refractivity contribution in [2.45, 2.75) is 44.2 Å². The van der Waals surface area contributed by atoms with E-state index < -0.39 is 6.29 Å². The number of benzene rings is 2. The number of nitrogens with zero attached hydrogens (tertiary/aromatic N) is 1. The first-order chi connectivity index (χ1) is 13.8. The number of carbonyl (C=O) groups excluding carboxylic acids is 1. The molecule has 2 heterocycles. The molecular formula is C22H25NO5. The molecule has 4 rings (SSSR count). The van der Waals surface area contributed by atoms with Gasteiger partial charge in [0.15, 0.2) is 6.29 Å². The van der Waals surface area contributed by atoms with Crippen LogP contribution in [0.1, 0.15) is 17.5 Å². The number of hydrogen-bond acceptors (Lipinski definition) is 5. The molecule has 2 aromatic rings. The number of methoxy groups -OCH3 is 1. The second-order valence-corrected chi connectivity index (χ2v) is 7.05. The molecule has 1 unspecified atom stereocenters. The number of fused-ring (bicyclic) bond motifs is 1. The molecule has 6 heteroatoms. The Kier molecular flexibility index (Phi) is 5.90. The number of hydrogen-bond donors (Lipinski definition) is 0. The number of ether oxygens (including phenoxy) is 4. The number of amides is 1. The molecule has 28 heavy (non-hydrogen) atoms. The average molecular weight is 383 g/mol. The molecule has 2 aromatic carbocycles. The van der Waals surface area contributed by atoms with Crippen LogP contribution in [0.15, 0.2) is 60.7 Å². The maximum Gasteiger partial charge on any atom is 0.410 e. The van der Waals surface area contributed by atoms with Crippen molar-refractivity contribution in [3.63, 3.8) is 0 Å². The van der Waals surface area contributed by atoms with E-state index in [0.717, 1.165) is 17.5 Å². The Balaban J connectivity index is 1.41. The van der Waals surface area contributed by atoms with Crippen LogP contribution in [0.2, 0.25) is 0 Å². The molecule has 2 fully saturated rings. The Morgan fingerprint density at radius 2 is 1.68 bits per heavy atom. The summed E-state index contributed by atoms with van der Waals surface area (Å²) in [5.41, 5.74) is 2.03. The number of likely N-dealkylation sites (tertiary alicyclic amines) is 1. The molecule has 0 bridgehead atoms. The van der Waals surface area contributed by atoms with Gasteiger partial charge in [0.1, 0.15) is 12.7 Å².